The molecule has 0 atom stereocenters. The van der Waals surface area contributed by atoms with Crippen LogP contribution in [-0.2, 0) is 19.1 Å². The van der Waals surface area contributed by atoms with E-state index in [1.807, 2.05) is 12.1 Å². The summed E-state index contributed by atoms with van der Waals surface area (Å²) in [5, 5.41) is 2.19. The van der Waals surface area contributed by atoms with Gasteiger partial charge in [-0.25, -0.2) is 0 Å². The Kier molecular flexibility index (Phi) is 7.79. The van der Waals surface area contributed by atoms with Crippen LogP contribution < -0.4 is 10.1 Å². The van der Waals surface area contributed by atoms with Gasteiger partial charge in [-0.1, -0.05) is 11.8 Å². The zero-order chi connectivity index (χ0) is 18.9. The van der Waals surface area contributed by atoms with Crippen LogP contribution in [0.5, 0.6) is 5.75 Å². The van der Waals surface area contributed by atoms with E-state index in [2.05, 4.69) is 5.32 Å². The Morgan fingerprint density at radius 2 is 2.00 bits per heavy atom. The van der Waals surface area contributed by atoms with Crippen LogP contribution in [0.15, 0.2) is 29.2 Å². The number of carbonyl (C=O) groups excluding carboxylic acids is 4. The van der Waals surface area contributed by atoms with Crippen molar-refractivity contribution < 1.29 is 28.7 Å². The number of benzene rings is 1. The first-order valence-electron chi connectivity index (χ1n) is 7.66. The van der Waals surface area contributed by atoms with E-state index in [0.717, 1.165) is 27.3 Å². The molecule has 0 unspecified atom stereocenters. The summed E-state index contributed by atoms with van der Waals surface area (Å²) in [6, 6.07) is 7.22. The van der Waals surface area contributed by atoms with Crippen molar-refractivity contribution in [3.63, 3.8) is 0 Å². The Labute approximate surface area is 159 Å². The molecule has 0 aromatic heterocycles. The minimum absolute atomic E-state index is 0.0770. The van der Waals surface area contributed by atoms with Crippen molar-refractivity contribution in [3.05, 3.63) is 24.3 Å². The van der Waals surface area contributed by atoms with Gasteiger partial charge in [0.05, 0.1) is 18.6 Å². The Morgan fingerprint density at radius 3 is 2.62 bits per heavy atom. The molecule has 1 heterocycles. The molecule has 140 valence electrons. The summed E-state index contributed by atoms with van der Waals surface area (Å²) < 4.78 is 9.94. The van der Waals surface area contributed by atoms with Gasteiger partial charge in [-0.15, -0.1) is 11.8 Å². The Bertz CT molecular complexity index is 664. The Balaban J connectivity index is 1.59. The number of ether oxygens (including phenoxy) is 2. The van der Waals surface area contributed by atoms with Crippen LogP contribution in [0, 0.1) is 0 Å². The van der Waals surface area contributed by atoms with Gasteiger partial charge in [0, 0.05) is 18.0 Å². The number of hydrogen-bond acceptors (Lipinski definition) is 8. The van der Waals surface area contributed by atoms with Crippen LogP contribution in [0.4, 0.5) is 4.79 Å². The third-order valence-electron chi connectivity index (χ3n) is 3.28. The van der Waals surface area contributed by atoms with Gasteiger partial charge in [-0.2, -0.15) is 0 Å². The molecule has 0 saturated carbocycles. The molecule has 0 bridgehead atoms. The second-order valence-electron chi connectivity index (χ2n) is 5.07. The van der Waals surface area contributed by atoms with Gasteiger partial charge in [-0.3, -0.25) is 24.1 Å². The van der Waals surface area contributed by atoms with Crippen molar-refractivity contribution in [1.29, 1.82) is 0 Å². The van der Waals surface area contributed by atoms with Crippen molar-refractivity contribution in [3.8, 4) is 5.75 Å². The number of hydrogen-bond donors (Lipinski definition) is 1. The maximum absolute atomic E-state index is 11.7. The summed E-state index contributed by atoms with van der Waals surface area (Å²) in [6.45, 7) is -0.175. The van der Waals surface area contributed by atoms with Crippen molar-refractivity contribution in [2.24, 2.45) is 0 Å². The van der Waals surface area contributed by atoms with Crippen LogP contribution in [0.3, 0.4) is 0 Å². The molecule has 0 radical (unpaired) electrons. The fourth-order valence-electron chi connectivity index (χ4n) is 1.96. The first kappa shape index (κ1) is 20.1. The Morgan fingerprint density at radius 1 is 1.27 bits per heavy atom. The lowest BCUT2D eigenvalue weighted by Crippen LogP contribution is -2.38. The van der Waals surface area contributed by atoms with E-state index in [1.165, 1.54) is 11.8 Å². The highest BCUT2D eigenvalue weighted by molar-refractivity contribution is 8.14. The van der Waals surface area contributed by atoms with E-state index >= 15 is 0 Å². The zero-order valence-corrected chi connectivity index (χ0v) is 15.7. The van der Waals surface area contributed by atoms with Gasteiger partial charge in [0.25, 0.3) is 11.1 Å². The molecular formula is C16H18N2O6S2. The predicted octanol–water partition coefficient (Wildman–Crippen LogP) is 1.14. The van der Waals surface area contributed by atoms with Crippen molar-refractivity contribution in [2.45, 2.75) is 4.90 Å². The number of esters is 1. The van der Waals surface area contributed by atoms with E-state index in [4.69, 9.17) is 9.47 Å². The number of thioether (sulfide) groups is 2. The molecule has 2 rings (SSSR count). The number of rotatable bonds is 9. The fraction of sp³-hybridized carbons (Fsp3) is 0.375. The summed E-state index contributed by atoms with van der Waals surface area (Å²) in [5.74, 6) is -0.327. The third kappa shape index (κ3) is 6.26. The van der Waals surface area contributed by atoms with Gasteiger partial charge in [0.2, 0.25) is 5.91 Å². The molecule has 1 aromatic rings. The molecule has 0 spiro atoms. The quantitative estimate of drug-likeness (QED) is 0.488. The highest BCUT2D eigenvalue weighted by Gasteiger charge is 2.29. The second-order valence-corrected chi connectivity index (χ2v) is 7.05. The highest BCUT2D eigenvalue weighted by atomic mass is 32.2. The summed E-state index contributed by atoms with van der Waals surface area (Å²) >= 11 is 2.23. The number of nitrogens with one attached hydrogen (secondary N) is 1. The summed E-state index contributed by atoms with van der Waals surface area (Å²) in [4.78, 5) is 48.0. The van der Waals surface area contributed by atoms with E-state index < -0.39 is 18.5 Å². The van der Waals surface area contributed by atoms with Crippen LogP contribution in [-0.4, -0.2) is 66.2 Å². The average molecular weight is 398 g/mol. The lowest BCUT2D eigenvalue weighted by Gasteiger charge is -2.13. The molecular weight excluding hydrogens is 380 g/mol. The van der Waals surface area contributed by atoms with Gasteiger partial charge < -0.3 is 14.8 Å². The van der Waals surface area contributed by atoms with Crippen LogP contribution >= 0.6 is 23.5 Å². The van der Waals surface area contributed by atoms with Gasteiger partial charge in [-0.05, 0) is 24.3 Å². The van der Waals surface area contributed by atoms with E-state index in [1.54, 1.807) is 19.2 Å². The first-order valence-corrected chi connectivity index (χ1v) is 9.63. The van der Waals surface area contributed by atoms with Crippen LogP contribution in [0.25, 0.3) is 0 Å². The molecule has 1 aromatic carbocycles. The van der Waals surface area contributed by atoms with Gasteiger partial charge >= 0.3 is 5.97 Å². The first-order chi connectivity index (χ1) is 12.5. The van der Waals surface area contributed by atoms with E-state index in [9.17, 15) is 19.2 Å². The smallest absolute Gasteiger partial charge is 0.316 e. The van der Waals surface area contributed by atoms with E-state index in [-0.39, 0.29) is 35.7 Å². The maximum Gasteiger partial charge on any atom is 0.316 e. The average Bonchev–Trinajstić information content (AvgIpc) is 2.97. The Hall–Kier alpha value is -2.20. The fourth-order valence-corrected chi connectivity index (χ4v) is 3.41. The summed E-state index contributed by atoms with van der Waals surface area (Å²) in [7, 11) is 1.57. The maximum atomic E-state index is 11.7. The molecule has 8 nitrogen and oxygen atoms in total. The SMILES string of the molecule is COc1ccc(SCC(=O)OCC(=O)NCCN2C(=O)CSC2=O)cc1. The van der Waals surface area contributed by atoms with Crippen molar-refractivity contribution in [2.75, 3.05) is 38.3 Å². The topological polar surface area (TPSA) is 102 Å². The van der Waals surface area contributed by atoms with Crippen molar-refractivity contribution in [1.82, 2.24) is 10.2 Å². The predicted molar refractivity (Wildman–Crippen MR) is 97.3 cm³/mol. The number of imide groups is 1. The van der Waals surface area contributed by atoms with Crippen LogP contribution in [0.1, 0.15) is 0 Å². The highest BCUT2D eigenvalue weighted by Crippen LogP contribution is 2.21. The number of methoxy groups -OCH3 is 1. The largest absolute Gasteiger partial charge is 0.497 e. The van der Waals surface area contributed by atoms with Gasteiger partial charge in [0.15, 0.2) is 6.61 Å². The molecule has 1 aliphatic rings. The minimum atomic E-state index is -0.512. The lowest BCUT2D eigenvalue weighted by molar-refractivity contribution is -0.145. The standard InChI is InChI=1S/C16H18N2O6S2/c1-23-11-2-4-12(5-3-11)25-10-15(21)24-8-13(19)17-6-7-18-14(20)9-26-16(18)22/h2-5H,6-10H2,1H3,(H,17,19). The van der Waals surface area contributed by atoms with Gasteiger partial charge in [0.1, 0.15) is 5.75 Å². The molecule has 1 aliphatic heterocycles. The zero-order valence-electron chi connectivity index (χ0n) is 14.1. The van der Waals surface area contributed by atoms with Crippen LogP contribution in [0.2, 0.25) is 0 Å². The molecule has 10 heteroatoms. The minimum Gasteiger partial charge on any atom is -0.497 e. The second kappa shape index (κ2) is 10.1. The molecule has 3 amide bonds. The molecule has 1 fully saturated rings. The summed E-state index contributed by atoms with van der Waals surface area (Å²) in [5.41, 5.74) is 0. The molecule has 0 aliphatic carbocycles. The number of nitrogens with zero attached hydrogens (tertiary/aromatic N) is 1. The van der Waals surface area contributed by atoms with E-state index in [0.29, 0.717) is 0 Å². The molecule has 1 N–H and O–H groups in total. The monoisotopic (exact) mass is 398 g/mol. The third-order valence-corrected chi connectivity index (χ3v) is 5.12. The molecule has 1 saturated heterocycles. The number of carbonyl (C=O) groups is 4. The number of amides is 3. The molecule has 26 heavy (non-hydrogen) atoms. The van der Waals surface area contributed by atoms with Crippen molar-refractivity contribution >= 4 is 46.5 Å². The normalized spacial score (nSPS) is 13.7. The summed E-state index contributed by atoms with van der Waals surface area (Å²) in [6.07, 6.45) is 0. The lowest BCUT2D eigenvalue weighted by atomic mass is 10.3.